The number of hydrogen-bond acceptors (Lipinski definition) is 3. The minimum Gasteiger partial charge on any atom is -0.508 e. The lowest BCUT2D eigenvalue weighted by molar-refractivity contribution is 0.233. The van der Waals surface area contributed by atoms with Gasteiger partial charge in [-0.3, -0.25) is 0 Å². The summed E-state index contributed by atoms with van der Waals surface area (Å²) in [4.78, 5) is 12.1. The summed E-state index contributed by atoms with van der Waals surface area (Å²) in [5.74, 6) is 0.535. The van der Waals surface area contributed by atoms with Crippen LogP contribution >= 0.6 is 0 Å². The molecule has 3 N–H and O–H groups in total. The van der Waals surface area contributed by atoms with Crippen LogP contribution in [0.2, 0.25) is 0 Å². The SMILES string of the molecule is CC(C)/C=N/NC(=O)NC(c1c(O)ccc2ccccc12)C(C)C. The van der Waals surface area contributed by atoms with E-state index in [-0.39, 0.29) is 23.6 Å². The van der Waals surface area contributed by atoms with Crippen LogP contribution in [0.3, 0.4) is 0 Å². The maximum Gasteiger partial charge on any atom is 0.335 e. The van der Waals surface area contributed by atoms with Crippen molar-refractivity contribution in [3.05, 3.63) is 42.0 Å². The topological polar surface area (TPSA) is 73.7 Å². The van der Waals surface area contributed by atoms with Crippen LogP contribution in [0.25, 0.3) is 10.8 Å². The number of hydrogen-bond donors (Lipinski definition) is 3. The molecule has 2 amide bonds. The second kappa shape index (κ2) is 7.81. The van der Waals surface area contributed by atoms with E-state index in [1.807, 2.05) is 58.0 Å². The number of aromatic hydroxyl groups is 1. The van der Waals surface area contributed by atoms with Gasteiger partial charge in [-0.15, -0.1) is 0 Å². The molecule has 0 aliphatic carbocycles. The largest absolute Gasteiger partial charge is 0.508 e. The molecule has 2 aromatic rings. The zero-order chi connectivity index (χ0) is 17.7. The zero-order valence-corrected chi connectivity index (χ0v) is 14.6. The molecular formula is C19H25N3O2. The Balaban J connectivity index is 2.32. The van der Waals surface area contributed by atoms with Crippen LogP contribution in [-0.2, 0) is 0 Å². The van der Waals surface area contributed by atoms with Crippen molar-refractivity contribution in [2.45, 2.75) is 33.7 Å². The Bertz CT molecular complexity index is 738. The van der Waals surface area contributed by atoms with E-state index in [2.05, 4.69) is 15.8 Å². The molecule has 0 fully saturated rings. The smallest absolute Gasteiger partial charge is 0.335 e. The van der Waals surface area contributed by atoms with Crippen molar-refractivity contribution in [2.75, 3.05) is 0 Å². The quantitative estimate of drug-likeness (QED) is 0.569. The van der Waals surface area contributed by atoms with Crippen molar-refractivity contribution < 1.29 is 9.90 Å². The third-order valence-corrected chi connectivity index (χ3v) is 3.75. The summed E-state index contributed by atoms with van der Waals surface area (Å²) in [5.41, 5.74) is 3.20. The number of rotatable bonds is 5. The average Bonchev–Trinajstić information content (AvgIpc) is 2.52. The number of fused-ring (bicyclic) bond motifs is 1. The maximum atomic E-state index is 12.1. The number of nitrogens with one attached hydrogen (secondary N) is 2. The molecule has 0 saturated carbocycles. The normalized spacial score (nSPS) is 12.9. The van der Waals surface area contributed by atoms with Crippen molar-refractivity contribution in [1.29, 1.82) is 0 Å². The average molecular weight is 327 g/mol. The van der Waals surface area contributed by atoms with E-state index in [0.717, 1.165) is 16.3 Å². The molecule has 2 aromatic carbocycles. The first kappa shape index (κ1) is 17.8. The second-order valence-corrected chi connectivity index (χ2v) is 6.55. The Labute approximate surface area is 142 Å². The highest BCUT2D eigenvalue weighted by Gasteiger charge is 2.23. The lowest BCUT2D eigenvalue weighted by atomic mass is 9.91. The standard InChI is InChI=1S/C19H25N3O2/c1-12(2)11-20-22-19(24)21-18(13(3)4)17-15-8-6-5-7-14(15)9-10-16(17)23/h5-13,18,23H,1-4H3,(H2,21,22,24)/b20-11+. The van der Waals surface area contributed by atoms with Crippen molar-refractivity contribution >= 4 is 23.0 Å². The Morgan fingerprint density at radius 1 is 1.12 bits per heavy atom. The van der Waals surface area contributed by atoms with Crippen LogP contribution in [-0.4, -0.2) is 17.4 Å². The lowest BCUT2D eigenvalue weighted by Crippen LogP contribution is -2.37. The van der Waals surface area contributed by atoms with Gasteiger partial charge in [0.15, 0.2) is 0 Å². The highest BCUT2D eigenvalue weighted by molar-refractivity contribution is 5.89. The fourth-order valence-corrected chi connectivity index (χ4v) is 2.60. The second-order valence-electron chi connectivity index (χ2n) is 6.55. The first-order valence-electron chi connectivity index (χ1n) is 8.20. The monoisotopic (exact) mass is 327 g/mol. The lowest BCUT2D eigenvalue weighted by Gasteiger charge is -2.25. The van der Waals surface area contributed by atoms with Crippen LogP contribution in [0, 0.1) is 11.8 Å². The van der Waals surface area contributed by atoms with E-state index >= 15 is 0 Å². The fraction of sp³-hybridized carbons (Fsp3) is 0.368. The first-order chi connectivity index (χ1) is 11.4. The third kappa shape index (κ3) is 4.25. The van der Waals surface area contributed by atoms with E-state index in [1.165, 1.54) is 0 Å². The molecule has 5 nitrogen and oxygen atoms in total. The van der Waals surface area contributed by atoms with Gasteiger partial charge in [0, 0.05) is 11.8 Å². The molecule has 128 valence electrons. The van der Waals surface area contributed by atoms with Crippen molar-refractivity contribution in [3.63, 3.8) is 0 Å². The predicted molar refractivity (Wildman–Crippen MR) is 98.2 cm³/mol. The van der Waals surface area contributed by atoms with Gasteiger partial charge in [-0.25, -0.2) is 10.2 Å². The summed E-state index contributed by atoms with van der Waals surface area (Å²) in [5, 5.41) is 19.2. The van der Waals surface area contributed by atoms with E-state index in [4.69, 9.17) is 0 Å². The van der Waals surface area contributed by atoms with E-state index < -0.39 is 6.03 Å². The number of carbonyl (C=O) groups is 1. The van der Waals surface area contributed by atoms with E-state index in [0.29, 0.717) is 0 Å². The molecule has 24 heavy (non-hydrogen) atoms. The van der Waals surface area contributed by atoms with Crippen molar-refractivity contribution in [3.8, 4) is 5.75 Å². The summed E-state index contributed by atoms with van der Waals surface area (Å²) >= 11 is 0. The highest BCUT2D eigenvalue weighted by atomic mass is 16.3. The Kier molecular flexibility index (Phi) is 5.79. The zero-order valence-electron chi connectivity index (χ0n) is 14.6. The summed E-state index contributed by atoms with van der Waals surface area (Å²) < 4.78 is 0. The van der Waals surface area contributed by atoms with Gasteiger partial charge in [-0.05, 0) is 28.7 Å². The molecule has 0 spiro atoms. The van der Waals surface area contributed by atoms with Gasteiger partial charge >= 0.3 is 6.03 Å². The minimum atomic E-state index is -0.391. The minimum absolute atomic E-state index is 0.0986. The van der Waals surface area contributed by atoms with Crippen LogP contribution < -0.4 is 10.7 Å². The van der Waals surface area contributed by atoms with Gasteiger partial charge in [0.1, 0.15) is 5.75 Å². The molecule has 0 saturated heterocycles. The molecule has 2 rings (SSSR count). The summed E-state index contributed by atoms with van der Waals surface area (Å²) in [6, 6.07) is 10.6. The van der Waals surface area contributed by atoms with Gasteiger partial charge in [0.2, 0.25) is 0 Å². The molecule has 0 heterocycles. The number of carbonyl (C=O) groups excluding carboxylic acids is 1. The van der Waals surface area contributed by atoms with Crippen LogP contribution in [0.5, 0.6) is 5.75 Å². The Morgan fingerprint density at radius 3 is 2.50 bits per heavy atom. The highest BCUT2D eigenvalue weighted by Crippen LogP contribution is 2.35. The Morgan fingerprint density at radius 2 is 1.83 bits per heavy atom. The van der Waals surface area contributed by atoms with Gasteiger partial charge in [0.05, 0.1) is 6.04 Å². The Hall–Kier alpha value is -2.56. The molecule has 0 aromatic heterocycles. The molecule has 5 heteroatoms. The molecule has 0 aliphatic rings. The summed E-state index contributed by atoms with van der Waals surface area (Å²) in [6.45, 7) is 7.97. The van der Waals surface area contributed by atoms with Gasteiger partial charge < -0.3 is 10.4 Å². The van der Waals surface area contributed by atoms with E-state index in [9.17, 15) is 9.90 Å². The number of benzene rings is 2. The van der Waals surface area contributed by atoms with Gasteiger partial charge in [-0.2, -0.15) is 5.10 Å². The molecule has 0 aliphatic heterocycles. The molecule has 1 unspecified atom stereocenters. The van der Waals surface area contributed by atoms with Crippen molar-refractivity contribution in [2.24, 2.45) is 16.9 Å². The number of phenolic OH excluding ortho intramolecular Hbond substituents is 1. The van der Waals surface area contributed by atoms with Crippen LogP contribution in [0.15, 0.2) is 41.5 Å². The van der Waals surface area contributed by atoms with E-state index in [1.54, 1.807) is 12.3 Å². The first-order valence-corrected chi connectivity index (χ1v) is 8.20. The number of nitrogens with zero attached hydrogens (tertiary/aromatic N) is 1. The van der Waals surface area contributed by atoms with Crippen molar-refractivity contribution in [1.82, 2.24) is 10.7 Å². The molecular weight excluding hydrogens is 302 g/mol. The number of hydrazone groups is 1. The fourth-order valence-electron chi connectivity index (χ4n) is 2.60. The third-order valence-electron chi connectivity index (χ3n) is 3.75. The number of urea groups is 1. The molecule has 0 bridgehead atoms. The molecule has 0 radical (unpaired) electrons. The van der Waals surface area contributed by atoms with Gasteiger partial charge in [0.25, 0.3) is 0 Å². The summed E-state index contributed by atoms with van der Waals surface area (Å²) in [6.07, 6.45) is 1.67. The maximum absolute atomic E-state index is 12.1. The number of phenols is 1. The number of amides is 2. The summed E-state index contributed by atoms with van der Waals surface area (Å²) in [7, 11) is 0. The van der Waals surface area contributed by atoms with Crippen LogP contribution in [0.4, 0.5) is 4.79 Å². The predicted octanol–water partition coefficient (Wildman–Crippen LogP) is 4.18. The van der Waals surface area contributed by atoms with Gasteiger partial charge in [-0.1, -0.05) is 58.0 Å². The van der Waals surface area contributed by atoms with Crippen LogP contribution in [0.1, 0.15) is 39.3 Å². The molecule has 1 atom stereocenters.